The standard InChI is InChI=1S/C7H13BrOS/c1-7(10)9-6-4-2-3-5-8/h2-6H2,1H3. The molecule has 0 radical (unpaired) electrons. The van der Waals surface area contributed by atoms with E-state index in [4.69, 9.17) is 17.0 Å². The Kier molecular flexibility index (Phi) is 7.75. The maximum Gasteiger partial charge on any atom is 0.156 e. The highest BCUT2D eigenvalue weighted by Crippen LogP contribution is 1.98. The molecule has 0 heterocycles. The van der Waals surface area contributed by atoms with E-state index >= 15 is 0 Å². The summed E-state index contributed by atoms with van der Waals surface area (Å²) in [4.78, 5) is 0. The van der Waals surface area contributed by atoms with Crippen LogP contribution in [0.4, 0.5) is 0 Å². The summed E-state index contributed by atoms with van der Waals surface area (Å²) in [6, 6.07) is 0. The van der Waals surface area contributed by atoms with Crippen molar-refractivity contribution < 1.29 is 4.74 Å². The topological polar surface area (TPSA) is 9.23 Å². The molecule has 0 atom stereocenters. The predicted octanol–water partition coefficient (Wildman–Crippen LogP) is 2.92. The van der Waals surface area contributed by atoms with Gasteiger partial charge in [-0.25, -0.2) is 0 Å². The van der Waals surface area contributed by atoms with Gasteiger partial charge >= 0.3 is 0 Å². The number of rotatable bonds is 5. The minimum atomic E-state index is 0.652. The van der Waals surface area contributed by atoms with Crippen molar-refractivity contribution in [3.63, 3.8) is 0 Å². The highest BCUT2D eigenvalue weighted by atomic mass is 79.9. The molecular weight excluding hydrogens is 212 g/mol. The zero-order valence-electron chi connectivity index (χ0n) is 6.23. The van der Waals surface area contributed by atoms with Crippen LogP contribution in [-0.2, 0) is 4.74 Å². The van der Waals surface area contributed by atoms with Gasteiger partial charge in [-0.2, -0.15) is 0 Å². The van der Waals surface area contributed by atoms with Crippen LogP contribution in [0.25, 0.3) is 0 Å². The average Bonchev–Trinajstić information content (AvgIpc) is 1.87. The van der Waals surface area contributed by atoms with Crippen LogP contribution in [0.2, 0.25) is 0 Å². The second-order valence-electron chi connectivity index (χ2n) is 2.09. The first-order valence-corrected chi connectivity index (χ1v) is 4.99. The average molecular weight is 225 g/mol. The van der Waals surface area contributed by atoms with E-state index in [9.17, 15) is 0 Å². The molecule has 0 aliphatic heterocycles. The van der Waals surface area contributed by atoms with Crippen LogP contribution in [0.5, 0.6) is 0 Å². The first kappa shape index (κ1) is 10.4. The van der Waals surface area contributed by atoms with Crippen molar-refractivity contribution in [2.75, 3.05) is 11.9 Å². The van der Waals surface area contributed by atoms with E-state index in [0.29, 0.717) is 5.05 Å². The van der Waals surface area contributed by atoms with Gasteiger partial charge in [-0.15, -0.1) is 0 Å². The molecule has 0 bridgehead atoms. The lowest BCUT2D eigenvalue weighted by Crippen LogP contribution is -1.97. The normalized spacial score (nSPS) is 9.40. The molecule has 0 aliphatic rings. The Morgan fingerprint density at radius 2 is 2.10 bits per heavy atom. The Morgan fingerprint density at radius 1 is 1.40 bits per heavy atom. The van der Waals surface area contributed by atoms with Gasteiger partial charge in [-0.05, 0) is 31.5 Å². The molecule has 0 saturated heterocycles. The quantitative estimate of drug-likeness (QED) is 0.404. The van der Waals surface area contributed by atoms with Crippen LogP contribution in [0, 0.1) is 0 Å². The van der Waals surface area contributed by atoms with Crippen molar-refractivity contribution in [1.82, 2.24) is 0 Å². The molecule has 0 aromatic heterocycles. The number of hydrogen-bond acceptors (Lipinski definition) is 2. The minimum Gasteiger partial charge on any atom is -0.487 e. The zero-order valence-corrected chi connectivity index (χ0v) is 8.63. The fourth-order valence-corrected chi connectivity index (χ4v) is 1.07. The predicted molar refractivity (Wildman–Crippen MR) is 51.9 cm³/mol. The van der Waals surface area contributed by atoms with E-state index in [-0.39, 0.29) is 0 Å². The molecule has 0 rings (SSSR count). The second-order valence-corrected chi connectivity index (χ2v) is 3.46. The van der Waals surface area contributed by atoms with Crippen molar-refractivity contribution in [2.45, 2.75) is 26.2 Å². The van der Waals surface area contributed by atoms with Gasteiger partial charge in [0.15, 0.2) is 5.05 Å². The highest BCUT2D eigenvalue weighted by Gasteiger charge is 1.89. The SMILES string of the molecule is CC(=S)OCCCCCBr. The van der Waals surface area contributed by atoms with Gasteiger partial charge in [0.2, 0.25) is 0 Å². The van der Waals surface area contributed by atoms with Crippen LogP contribution in [0.3, 0.4) is 0 Å². The molecule has 60 valence electrons. The number of thiocarbonyl (C=S) groups is 1. The molecule has 10 heavy (non-hydrogen) atoms. The van der Waals surface area contributed by atoms with Gasteiger partial charge in [0.05, 0.1) is 6.61 Å². The third kappa shape index (κ3) is 8.37. The van der Waals surface area contributed by atoms with Crippen molar-refractivity contribution >= 4 is 33.2 Å². The molecule has 0 aromatic carbocycles. The number of halogens is 1. The molecule has 0 unspecified atom stereocenters. The summed E-state index contributed by atoms with van der Waals surface area (Å²) in [5, 5.41) is 1.74. The Morgan fingerprint density at radius 3 is 2.60 bits per heavy atom. The maximum absolute atomic E-state index is 5.10. The monoisotopic (exact) mass is 224 g/mol. The van der Waals surface area contributed by atoms with E-state index in [1.165, 1.54) is 12.8 Å². The van der Waals surface area contributed by atoms with Crippen LogP contribution in [0.15, 0.2) is 0 Å². The minimum absolute atomic E-state index is 0.652. The first-order valence-electron chi connectivity index (χ1n) is 3.46. The Bertz CT molecular complexity index is 95.6. The van der Waals surface area contributed by atoms with E-state index in [0.717, 1.165) is 18.4 Å². The summed E-state index contributed by atoms with van der Waals surface area (Å²) >= 11 is 8.11. The van der Waals surface area contributed by atoms with Gasteiger partial charge in [-0.3, -0.25) is 0 Å². The molecule has 1 nitrogen and oxygen atoms in total. The molecule has 0 aliphatic carbocycles. The number of unbranched alkanes of at least 4 members (excludes halogenated alkanes) is 2. The molecule has 0 fully saturated rings. The second kappa shape index (κ2) is 7.48. The number of alkyl halides is 1. The van der Waals surface area contributed by atoms with Crippen LogP contribution in [0.1, 0.15) is 26.2 Å². The lowest BCUT2D eigenvalue weighted by atomic mass is 10.3. The smallest absolute Gasteiger partial charge is 0.156 e. The molecule has 0 spiro atoms. The fraction of sp³-hybridized carbons (Fsp3) is 0.857. The fourth-order valence-electron chi connectivity index (χ4n) is 0.589. The third-order valence-electron chi connectivity index (χ3n) is 1.08. The summed E-state index contributed by atoms with van der Waals surface area (Å²) in [6.45, 7) is 2.59. The van der Waals surface area contributed by atoms with Gasteiger partial charge in [0.1, 0.15) is 0 Å². The van der Waals surface area contributed by atoms with Gasteiger partial charge < -0.3 is 4.74 Å². The van der Waals surface area contributed by atoms with Crippen LogP contribution in [-0.4, -0.2) is 17.0 Å². The third-order valence-corrected chi connectivity index (χ3v) is 1.76. The highest BCUT2D eigenvalue weighted by molar-refractivity contribution is 9.09. The summed E-state index contributed by atoms with van der Waals surface area (Å²) < 4.78 is 5.10. The summed E-state index contributed by atoms with van der Waals surface area (Å²) in [5.41, 5.74) is 0. The molecule has 0 saturated carbocycles. The summed E-state index contributed by atoms with van der Waals surface area (Å²) in [6.07, 6.45) is 3.55. The molecule has 3 heteroatoms. The summed E-state index contributed by atoms with van der Waals surface area (Å²) in [5.74, 6) is 0. The molecular formula is C7H13BrOS. The Hall–Kier alpha value is 0.370. The zero-order chi connectivity index (χ0) is 7.82. The first-order chi connectivity index (χ1) is 4.77. The van der Waals surface area contributed by atoms with Gasteiger partial charge in [0.25, 0.3) is 0 Å². The molecule has 0 aromatic rings. The summed E-state index contributed by atoms with van der Waals surface area (Å²) in [7, 11) is 0. The number of ether oxygens (including phenoxy) is 1. The van der Waals surface area contributed by atoms with E-state index in [2.05, 4.69) is 15.9 Å². The largest absolute Gasteiger partial charge is 0.487 e. The van der Waals surface area contributed by atoms with Crippen LogP contribution < -0.4 is 0 Å². The van der Waals surface area contributed by atoms with Gasteiger partial charge in [0, 0.05) is 12.3 Å². The van der Waals surface area contributed by atoms with Gasteiger partial charge in [-0.1, -0.05) is 15.9 Å². The van der Waals surface area contributed by atoms with Crippen molar-refractivity contribution in [3.05, 3.63) is 0 Å². The lowest BCUT2D eigenvalue weighted by Gasteiger charge is -2.01. The van der Waals surface area contributed by atoms with Crippen molar-refractivity contribution in [2.24, 2.45) is 0 Å². The Labute approximate surface area is 76.3 Å². The molecule has 0 amide bonds. The van der Waals surface area contributed by atoms with E-state index < -0.39 is 0 Å². The number of hydrogen-bond donors (Lipinski definition) is 0. The van der Waals surface area contributed by atoms with E-state index in [1.54, 1.807) is 6.92 Å². The van der Waals surface area contributed by atoms with Crippen molar-refractivity contribution in [1.29, 1.82) is 0 Å². The van der Waals surface area contributed by atoms with Crippen molar-refractivity contribution in [3.8, 4) is 0 Å². The van der Waals surface area contributed by atoms with Crippen LogP contribution >= 0.6 is 28.1 Å². The lowest BCUT2D eigenvalue weighted by molar-refractivity contribution is 0.299. The van der Waals surface area contributed by atoms with E-state index in [1.807, 2.05) is 0 Å². The maximum atomic E-state index is 5.10. The molecule has 0 N–H and O–H groups in total. The Balaban J connectivity index is 2.84.